The molecule has 1 fully saturated rings. The molecule has 1 atom stereocenters. The van der Waals surface area contributed by atoms with Crippen LogP contribution in [0.1, 0.15) is 40.0 Å². The van der Waals surface area contributed by atoms with Crippen molar-refractivity contribution in [2.75, 3.05) is 33.2 Å². The van der Waals surface area contributed by atoms with Gasteiger partial charge in [-0.3, -0.25) is 4.79 Å². The van der Waals surface area contributed by atoms with Crippen LogP contribution in [0.15, 0.2) is 0 Å². The lowest BCUT2D eigenvalue weighted by Crippen LogP contribution is -2.42. The van der Waals surface area contributed by atoms with Gasteiger partial charge in [0.15, 0.2) is 0 Å². The van der Waals surface area contributed by atoms with Gasteiger partial charge in [-0.25, -0.2) is 4.79 Å². The highest BCUT2D eigenvalue weighted by Crippen LogP contribution is 2.34. The van der Waals surface area contributed by atoms with Crippen LogP contribution in [0.2, 0.25) is 0 Å². The average Bonchev–Trinajstić information content (AvgIpc) is 2.88. The fraction of sp³-hybridized carbons (Fsp3) is 0.867. The van der Waals surface area contributed by atoms with Crippen LogP contribution in [0.25, 0.3) is 0 Å². The number of carbonyl (C=O) groups is 2. The number of likely N-dealkylation sites (tertiary alicyclic amines) is 1. The smallest absolute Gasteiger partial charge is 0.317 e. The van der Waals surface area contributed by atoms with E-state index in [1.807, 2.05) is 6.92 Å². The lowest BCUT2D eigenvalue weighted by Gasteiger charge is -2.24. The predicted molar refractivity (Wildman–Crippen MR) is 82.3 cm³/mol. The number of carboxylic acids is 1. The maximum atomic E-state index is 12.1. The molecular weight excluding hydrogens is 270 g/mol. The molecule has 1 aliphatic rings. The van der Waals surface area contributed by atoms with E-state index in [4.69, 9.17) is 0 Å². The highest BCUT2D eigenvalue weighted by molar-refractivity contribution is 5.79. The van der Waals surface area contributed by atoms with Gasteiger partial charge in [-0.05, 0) is 46.7 Å². The van der Waals surface area contributed by atoms with E-state index in [0.717, 1.165) is 13.0 Å². The number of rotatable bonds is 7. The van der Waals surface area contributed by atoms with Crippen LogP contribution < -0.4 is 5.32 Å². The fourth-order valence-corrected chi connectivity index (χ4v) is 2.55. The number of hydrogen-bond donors (Lipinski definition) is 2. The molecule has 0 saturated carbocycles. The number of aliphatic carboxylic acids is 1. The maximum absolute atomic E-state index is 12.1. The first-order chi connectivity index (χ1) is 9.82. The van der Waals surface area contributed by atoms with Crippen molar-refractivity contribution in [2.45, 2.75) is 46.1 Å². The Morgan fingerprint density at radius 1 is 1.43 bits per heavy atom. The van der Waals surface area contributed by atoms with Crippen LogP contribution in [0, 0.1) is 5.41 Å². The van der Waals surface area contributed by atoms with Gasteiger partial charge in [-0.15, -0.1) is 0 Å². The third kappa shape index (κ3) is 4.59. The molecule has 122 valence electrons. The van der Waals surface area contributed by atoms with E-state index in [1.54, 1.807) is 4.90 Å². The van der Waals surface area contributed by atoms with Crippen LogP contribution in [-0.2, 0) is 4.79 Å². The summed E-state index contributed by atoms with van der Waals surface area (Å²) in [5, 5.41) is 12.2. The summed E-state index contributed by atoms with van der Waals surface area (Å²) < 4.78 is 0. The van der Waals surface area contributed by atoms with Crippen LogP contribution in [0.5, 0.6) is 0 Å². The van der Waals surface area contributed by atoms with Crippen molar-refractivity contribution in [3.63, 3.8) is 0 Å². The molecule has 0 bridgehead atoms. The molecule has 6 nitrogen and oxygen atoms in total. The summed E-state index contributed by atoms with van der Waals surface area (Å²) in [6.07, 6.45) is 2.00. The van der Waals surface area contributed by atoms with E-state index in [2.05, 4.69) is 31.1 Å². The predicted octanol–water partition coefficient (Wildman–Crippen LogP) is 1.61. The van der Waals surface area contributed by atoms with Crippen LogP contribution >= 0.6 is 0 Å². The minimum absolute atomic E-state index is 0.140. The Morgan fingerprint density at radius 3 is 2.57 bits per heavy atom. The number of carboxylic acid groups (broad SMARTS) is 1. The van der Waals surface area contributed by atoms with E-state index in [0.29, 0.717) is 38.5 Å². The molecule has 1 aliphatic heterocycles. The average molecular weight is 299 g/mol. The molecule has 0 aromatic heterocycles. The largest absolute Gasteiger partial charge is 0.481 e. The Kier molecular flexibility index (Phi) is 6.45. The summed E-state index contributed by atoms with van der Waals surface area (Å²) in [5.74, 6) is -0.793. The second-order valence-electron chi connectivity index (χ2n) is 6.27. The third-order valence-corrected chi connectivity index (χ3v) is 4.62. The van der Waals surface area contributed by atoms with Gasteiger partial charge in [-0.2, -0.15) is 0 Å². The molecule has 0 aromatic rings. The molecule has 0 aromatic carbocycles. The van der Waals surface area contributed by atoms with Gasteiger partial charge in [0.1, 0.15) is 0 Å². The quantitative estimate of drug-likeness (QED) is 0.701. The zero-order chi connectivity index (χ0) is 16.0. The van der Waals surface area contributed by atoms with Gasteiger partial charge < -0.3 is 20.2 Å². The monoisotopic (exact) mass is 299 g/mol. The Hall–Kier alpha value is -1.30. The van der Waals surface area contributed by atoms with Gasteiger partial charge in [0.2, 0.25) is 0 Å². The lowest BCUT2D eigenvalue weighted by molar-refractivity contribution is -0.148. The van der Waals surface area contributed by atoms with E-state index in [1.165, 1.54) is 0 Å². The lowest BCUT2D eigenvalue weighted by atomic mass is 9.84. The van der Waals surface area contributed by atoms with Gasteiger partial charge in [0.05, 0.1) is 5.41 Å². The number of carbonyl (C=O) groups excluding carboxylic acids is 1. The van der Waals surface area contributed by atoms with E-state index < -0.39 is 11.4 Å². The highest BCUT2D eigenvalue weighted by Gasteiger charge is 2.44. The minimum Gasteiger partial charge on any atom is -0.481 e. The number of amides is 2. The standard InChI is InChI=1S/C15H29N3O3/c1-5-15(13(19)20)7-10-18(11-15)14(21)16-8-6-9-17(4)12(2)3/h12H,5-11H2,1-4H3,(H,16,21)(H,19,20). The zero-order valence-corrected chi connectivity index (χ0v) is 13.7. The first kappa shape index (κ1) is 17.8. The Bertz CT molecular complexity index is 373. The van der Waals surface area contributed by atoms with Gasteiger partial charge >= 0.3 is 12.0 Å². The van der Waals surface area contributed by atoms with E-state index in [9.17, 15) is 14.7 Å². The molecule has 0 radical (unpaired) electrons. The number of hydrogen-bond acceptors (Lipinski definition) is 3. The maximum Gasteiger partial charge on any atom is 0.317 e. The molecule has 21 heavy (non-hydrogen) atoms. The van der Waals surface area contributed by atoms with E-state index >= 15 is 0 Å². The molecule has 6 heteroatoms. The summed E-state index contributed by atoms with van der Waals surface area (Å²) in [7, 11) is 2.06. The number of nitrogens with zero attached hydrogens (tertiary/aromatic N) is 2. The van der Waals surface area contributed by atoms with Gasteiger partial charge in [0, 0.05) is 25.7 Å². The fourth-order valence-electron chi connectivity index (χ4n) is 2.55. The van der Waals surface area contributed by atoms with Crippen LogP contribution in [0.3, 0.4) is 0 Å². The van der Waals surface area contributed by atoms with Crippen molar-refractivity contribution in [1.82, 2.24) is 15.1 Å². The van der Waals surface area contributed by atoms with Crippen molar-refractivity contribution in [3.05, 3.63) is 0 Å². The Morgan fingerprint density at radius 2 is 2.10 bits per heavy atom. The van der Waals surface area contributed by atoms with Gasteiger partial charge in [-0.1, -0.05) is 6.92 Å². The van der Waals surface area contributed by atoms with Crippen molar-refractivity contribution in [2.24, 2.45) is 5.41 Å². The third-order valence-electron chi connectivity index (χ3n) is 4.62. The second kappa shape index (κ2) is 7.64. The SMILES string of the molecule is CCC1(C(=O)O)CCN(C(=O)NCCCN(C)C(C)C)C1. The van der Waals surface area contributed by atoms with Crippen molar-refractivity contribution in [1.29, 1.82) is 0 Å². The Labute approximate surface area is 127 Å². The molecule has 1 rings (SSSR count). The molecule has 2 N–H and O–H groups in total. The summed E-state index contributed by atoms with van der Waals surface area (Å²) in [6, 6.07) is 0.360. The number of urea groups is 1. The first-order valence-electron chi connectivity index (χ1n) is 7.79. The van der Waals surface area contributed by atoms with Crippen LogP contribution in [0.4, 0.5) is 4.79 Å². The molecular formula is C15H29N3O3. The van der Waals surface area contributed by atoms with E-state index in [-0.39, 0.29) is 6.03 Å². The molecule has 0 aliphatic carbocycles. The highest BCUT2D eigenvalue weighted by atomic mass is 16.4. The molecule has 1 saturated heterocycles. The minimum atomic E-state index is -0.793. The summed E-state index contributed by atoms with van der Waals surface area (Å²) in [5.41, 5.74) is -0.755. The molecule has 1 unspecified atom stereocenters. The number of nitrogens with one attached hydrogen (secondary N) is 1. The first-order valence-corrected chi connectivity index (χ1v) is 7.79. The second-order valence-corrected chi connectivity index (χ2v) is 6.27. The van der Waals surface area contributed by atoms with Crippen molar-refractivity contribution in [3.8, 4) is 0 Å². The van der Waals surface area contributed by atoms with Crippen LogP contribution in [-0.4, -0.2) is 66.2 Å². The molecule has 1 heterocycles. The molecule has 2 amide bonds. The summed E-state index contributed by atoms with van der Waals surface area (Å²) in [6.45, 7) is 8.55. The van der Waals surface area contributed by atoms with Crippen molar-refractivity contribution < 1.29 is 14.7 Å². The molecule has 0 spiro atoms. The summed E-state index contributed by atoms with van der Waals surface area (Å²) >= 11 is 0. The van der Waals surface area contributed by atoms with Crippen molar-refractivity contribution >= 4 is 12.0 Å². The Balaban J connectivity index is 2.33. The van der Waals surface area contributed by atoms with Gasteiger partial charge in [0.25, 0.3) is 0 Å². The normalized spacial score (nSPS) is 22.1. The topological polar surface area (TPSA) is 72.9 Å². The summed E-state index contributed by atoms with van der Waals surface area (Å²) in [4.78, 5) is 27.3. The zero-order valence-electron chi connectivity index (χ0n) is 13.7.